The molecular formula is C14H15FN4O3. The Hall–Kier alpha value is -2.77. The maximum Gasteiger partial charge on any atom is 0.322 e. The fourth-order valence-electron chi connectivity index (χ4n) is 1.67. The molecule has 0 saturated carbocycles. The molecule has 1 heterocycles. The molecule has 0 spiro atoms. The van der Waals surface area contributed by atoms with E-state index >= 15 is 0 Å². The predicted octanol–water partition coefficient (Wildman–Crippen LogP) is 0.887. The van der Waals surface area contributed by atoms with Crippen LogP contribution in [0, 0.1) is 5.82 Å². The van der Waals surface area contributed by atoms with E-state index < -0.39 is 0 Å². The van der Waals surface area contributed by atoms with E-state index in [1.165, 1.54) is 26.4 Å². The van der Waals surface area contributed by atoms with Gasteiger partial charge in [-0.05, 0) is 17.7 Å². The van der Waals surface area contributed by atoms with Gasteiger partial charge in [0, 0.05) is 0 Å². The van der Waals surface area contributed by atoms with Crippen molar-refractivity contribution in [3.05, 3.63) is 41.5 Å². The van der Waals surface area contributed by atoms with Gasteiger partial charge in [0.1, 0.15) is 5.82 Å². The number of ether oxygens (including phenoxy) is 2. The van der Waals surface area contributed by atoms with Crippen molar-refractivity contribution in [2.75, 3.05) is 14.2 Å². The zero-order chi connectivity index (χ0) is 15.9. The van der Waals surface area contributed by atoms with Crippen LogP contribution in [0.3, 0.4) is 0 Å². The molecule has 22 heavy (non-hydrogen) atoms. The van der Waals surface area contributed by atoms with Gasteiger partial charge in [-0.2, -0.15) is 9.97 Å². The average molecular weight is 306 g/mol. The van der Waals surface area contributed by atoms with Crippen molar-refractivity contribution in [2.24, 2.45) is 0 Å². The third kappa shape index (κ3) is 4.37. The van der Waals surface area contributed by atoms with Gasteiger partial charge in [0.15, 0.2) is 5.82 Å². The molecule has 0 aliphatic carbocycles. The summed E-state index contributed by atoms with van der Waals surface area (Å²) in [6.45, 7) is 0.106. The fourth-order valence-corrected chi connectivity index (χ4v) is 1.67. The number of benzene rings is 1. The summed E-state index contributed by atoms with van der Waals surface area (Å²) >= 11 is 0. The van der Waals surface area contributed by atoms with Crippen molar-refractivity contribution in [1.29, 1.82) is 0 Å². The molecule has 1 aromatic heterocycles. The van der Waals surface area contributed by atoms with Crippen molar-refractivity contribution in [3.8, 4) is 12.0 Å². The molecule has 1 aromatic carbocycles. The number of rotatable bonds is 6. The molecule has 2 aromatic rings. The van der Waals surface area contributed by atoms with Gasteiger partial charge < -0.3 is 14.8 Å². The highest BCUT2D eigenvalue weighted by atomic mass is 19.1. The van der Waals surface area contributed by atoms with Crippen LogP contribution in [-0.2, 0) is 17.8 Å². The van der Waals surface area contributed by atoms with Gasteiger partial charge in [0.25, 0.3) is 0 Å². The van der Waals surface area contributed by atoms with Crippen molar-refractivity contribution in [3.63, 3.8) is 0 Å². The van der Waals surface area contributed by atoms with Crippen LogP contribution in [0.1, 0.15) is 11.4 Å². The van der Waals surface area contributed by atoms with Crippen LogP contribution in [-0.4, -0.2) is 35.1 Å². The highest BCUT2D eigenvalue weighted by Crippen LogP contribution is 2.08. The van der Waals surface area contributed by atoms with Gasteiger partial charge >= 0.3 is 12.0 Å². The summed E-state index contributed by atoms with van der Waals surface area (Å²) in [5, 5.41) is 2.67. The second-order valence-electron chi connectivity index (χ2n) is 4.31. The Morgan fingerprint density at radius 3 is 2.23 bits per heavy atom. The molecule has 1 amide bonds. The van der Waals surface area contributed by atoms with Crippen LogP contribution in [0.4, 0.5) is 4.39 Å². The Labute approximate surface area is 126 Å². The van der Waals surface area contributed by atoms with Crippen LogP contribution in [0.5, 0.6) is 12.0 Å². The number of methoxy groups -OCH3 is 2. The molecule has 0 unspecified atom stereocenters. The monoisotopic (exact) mass is 306 g/mol. The maximum absolute atomic E-state index is 12.8. The van der Waals surface area contributed by atoms with Gasteiger partial charge in [0.2, 0.25) is 5.91 Å². The quantitative estimate of drug-likeness (QED) is 0.853. The van der Waals surface area contributed by atoms with Gasteiger partial charge in [-0.15, -0.1) is 4.98 Å². The van der Waals surface area contributed by atoms with Crippen molar-refractivity contribution >= 4 is 5.91 Å². The van der Waals surface area contributed by atoms with Crippen LogP contribution in [0.25, 0.3) is 0 Å². The SMILES string of the molecule is COc1nc(CNC(=O)Cc2ccc(F)cc2)nc(OC)n1. The Balaban J connectivity index is 1.94. The Morgan fingerprint density at radius 2 is 1.68 bits per heavy atom. The maximum atomic E-state index is 12.8. The van der Waals surface area contributed by atoms with Crippen molar-refractivity contribution in [2.45, 2.75) is 13.0 Å². The Kier molecular flexibility index (Phi) is 5.18. The molecule has 1 N–H and O–H groups in total. The van der Waals surface area contributed by atoms with E-state index in [4.69, 9.17) is 9.47 Å². The number of halogens is 1. The van der Waals surface area contributed by atoms with Gasteiger partial charge in [0.05, 0.1) is 27.2 Å². The average Bonchev–Trinajstić information content (AvgIpc) is 2.54. The van der Waals surface area contributed by atoms with Gasteiger partial charge in [-0.25, -0.2) is 4.39 Å². The van der Waals surface area contributed by atoms with E-state index in [0.717, 1.165) is 0 Å². The predicted molar refractivity (Wildman–Crippen MR) is 74.9 cm³/mol. The lowest BCUT2D eigenvalue weighted by molar-refractivity contribution is -0.120. The second-order valence-corrected chi connectivity index (χ2v) is 4.31. The first kappa shape index (κ1) is 15.6. The summed E-state index contributed by atoms with van der Waals surface area (Å²) in [6.07, 6.45) is 0.139. The summed E-state index contributed by atoms with van der Waals surface area (Å²) in [7, 11) is 2.84. The molecule has 0 aliphatic heterocycles. The molecule has 0 saturated heterocycles. The normalized spacial score (nSPS) is 10.1. The number of nitrogens with zero attached hydrogens (tertiary/aromatic N) is 3. The zero-order valence-electron chi connectivity index (χ0n) is 12.2. The highest BCUT2D eigenvalue weighted by molar-refractivity contribution is 5.78. The first-order valence-corrected chi connectivity index (χ1v) is 6.45. The topological polar surface area (TPSA) is 86.2 Å². The van der Waals surface area contributed by atoms with Crippen LogP contribution in [0.2, 0.25) is 0 Å². The number of hydrogen-bond acceptors (Lipinski definition) is 6. The standard InChI is InChI=1S/C14H15FN4O3/c1-21-13-17-11(18-14(19-13)22-2)8-16-12(20)7-9-3-5-10(15)6-4-9/h3-6H,7-8H2,1-2H3,(H,16,20). The molecule has 2 rings (SSSR count). The zero-order valence-corrected chi connectivity index (χ0v) is 12.2. The van der Waals surface area contributed by atoms with Crippen molar-refractivity contribution in [1.82, 2.24) is 20.3 Å². The number of nitrogens with one attached hydrogen (secondary N) is 1. The third-order valence-electron chi connectivity index (χ3n) is 2.73. The number of carbonyl (C=O) groups excluding carboxylic acids is 1. The molecule has 0 aliphatic rings. The molecule has 8 heteroatoms. The number of carbonyl (C=O) groups is 1. The van der Waals surface area contributed by atoms with E-state index in [0.29, 0.717) is 11.4 Å². The number of aromatic nitrogens is 3. The summed E-state index contributed by atoms with van der Waals surface area (Å²) < 4.78 is 22.6. The molecule has 0 radical (unpaired) electrons. The lowest BCUT2D eigenvalue weighted by Gasteiger charge is -2.07. The van der Waals surface area contributed by atoms with Crippen LogP contribution >= 0.6 is 0 Å². The molecule has 0 atom stereocenters. The fraction of sp³-hybridized carbons (Fsp3) is 0.286. The lowest BCUT2D eigenvalue weighted by Crippen LogP contribution is -2.25. The minimum absolute atomic E-state index is 0.106. The van der Waals surface area contributed by atoms with Gasteiger partial charge in [-0.3, -0.25) is 4.79 Å². The number of hydrogen-bond donors (Lipinski definition) is 1. The first-order valence-electron chi connectivity index (χ1n) is 6.45. The molecular weight excluding hydrogens is 291 g/mol. The summed E-state index contributed by atoms with van der Waals surface area (Å²) in [6, 6.07) is 5.95. The minimum Gasteiger partial charge on any atom is -0.467 e. The van der Waals surface area contributed by atoms with E-state index in [-0.39, 0.29) is 36.7 Å². The smallest absolute Gasteiger partial charge is 0.322 e. The van der Waals surface area contributed by atoms with E-state index in [1.807, 2.05) is 0 Å². The second kappa shape index (κ2) is 7.30. The molecule has 0 fully saturated rings. The summed E-state index contributed by atoms with van der Waals surface area (Å²) in [4.78, 5) is 23.7. The summed E-state index contributed by atoms with van der Waals surface area (Å²) in [5.41, 5.74) is 0.713. The molecule has 0 bridgehead atoms. The first-order chi connectivity index (χ1) is 10.6. The lowest BCUT2D eigenvalue weighted by atomic mass is 10.1. The highest BCUT2D eigenvalue weighted by Gasteiger charge is 2.09. The van der Waals surface area contributed by atoms with Crippen LogP contribution < -0.4 is 14.8 Å². The number of amides is 1. The van der Waals surface area contributed by atoms with Crippen molar-refractivity contribution < 1.29 is 18.7 Å². The molecule has 116 valence electrons. The van der Waals surface area contributed by atoms with E-state index in [1.54, 1.807) is 12.1 Å². The third-order valence-corrected chi connectivity index (χ3v) is 2.73. The molecule has 7 nitrogen and oxygen atoms in total. The Bertz CT molecular complexity index is 627. The largest absolute Gasteiger partial charge is 0.467 e. The van der Waals surface area contributed by atoms with E-state index in [9.17, 15) is 9.18 Å². The van der Waals surface area contributed by atoms with Crippen LogP contribution in [0.15, 0.2) is 24.3 Å². The van der Waals surface area contributed by atoms with Gasteiger partial charge in [-0.1, -0.05) is 12.1 Å². The Morgan fingerprint density at radius 1 is 1.09 bits per heavy atom. The van der Waals surface area contributed by atoms with E-state index in [2.05, 4.69) is 20.3 Å². The summed E-state index contributed by atoms with van der Waals surface area (Å²) in [5.74, 6) is -0.255. The minimum atomic E-state index is -0.339.